The van der Waals surface area contributed by atoms with Crippen LogP contribution < -0.4 is 0 Å². The Morgan fingerprint density at radius 1 is 1.04 bits per heavy atom. The lowest BCUT2D eigenvalue weighted by Crippen LogP contribution is -2.45. The van der Waals surface area contributed by atoms with Crippen LogP contribution in [0.4, 0.5) is 4.39 Å². The van der Waals surface area contributed by atoms with E-state index in [2.05, 4.69) is 46.4 Å². The van der Waals surface area contributed by atoms with E-state index in [-0.39, 0.29) is 12.1 Å². The first-order chi connectivity index (χ1) is 11.7. The summed E-state index contributed by atoms with van der Waals surface area (Å²) < 4.78 is 26.4. The van der Waals surface area contributed by atoms with Crippen molar-refractivity contribution in [2.45, 2.75) is 79.6 Å². The Bertz CT molecular complexity index is 577. The molecule has 2 heterocycles. The molecule has 2 aliphatic heterocycles. The van der Waals surface area contributed by atoms with Crippen LogP contribution in [0, 0.1) is 0 Å². The number of fused-ring (bicyclic) bond motifs is 1. The number of halogens is 1. The quantitative estimate of drug-likeness (QED) is 0.687. The van der Waals surface area contributed by atoms with Crippen molar-refractivity contribution in [3.63, 3.8) is 0 Å². The fourth-order valence-corrected chi connectivity index (χ4v) is 3.87. The highest BCUT2D eigenvalue weighted by atomic mass is 19.1. The Labute approximate surface area is 152 Å². The Kier molecular flexibility index (Phi) is 6.72. The standard InChI is InChI=1S/C21H34FNO2/c1-13(2)19-20(14(3)4)23(12-16(7)22)17-8-10-24-11-9-18(17)25-21(19)15(5)6/h16-18H,8-12H2,1-7H3. The van der Waals surface area contributed by atoms with Gasteiger partial charge in [-0.3, -0.25) is 0 Å². The molecule has 0 aromatic carbocycles. The summed E-state index contributed by atoms with van der Waals surface area (Å²) in [6, 6.07) is 0.136. The summed E-state index contributed by atoms with van der Waals surface area (Å²) in [6.07, 6.45) is 0.827. The zero-order valence-corrected chi connectivity index (χ0v) is 16.9. The van der Waals surface area contributed by atoms with Gasteiger partial charge in [0.15, 0.2) is 0 Å². The molecule has 0 radical (unpaired) electrons. The summed E-state index contributed by atoms with van der Waals surface area (Å²) in [4.78, 5) is 2.26. The molecule has 3 nitrogen and oxygen atoms in total. The molecule has 0 aromatic heterocycles. The lowest BCUT2D eigenvalue weighted by molar-refractivity contribution is 0.0437. The molecular formula is C21H34FNO2. The molecule has 0 saturated carbocycles. The van der Waals surface area contributed by atoms with E-state index in [4.69, 9.17) is 9.47 Å². The van der Waals surface area contributed by atoms with Crippen molar-refractivity contribution >= 4 is 0 Å². The Balaban J connectivity index is 2.70. The van der Waals surface area contributed by atoms with E-state index in [1.165, 1.54) is 11.1 Å². The number of alkyl halides is 1. The molecule has 0 spiro atoms. The Morgan fingerprint density at radius 3 is 2.20 bits per heavy atom. The predicted octanol–water partition coefficient (Wildman–Crippen LogP) is 5.15. The summed E-state index contributed by atoms with van der Waals surface area (Å²) in [6.45, 7) is 16.1. The van der Waals surface area contributed by atoms with E-state index >= 15 is 0 Å². The van der Waals surface area contributed by atoms with Gasteiger partial charge in [0, 0.05) is 30.8 Å². The SMILES string of the molecule is CC(C)=C1OC2CCOCCC2N(CC(C)F)C(=C(C)C)C1=C(C)C. The van der Waals surface area contributed by atoms with Crippen molar-refractivity contribution in [3.05, 3.63) is 33.7 Å². The topological polar surface area (TPSA) is 21.7 Å². The molecule has 2 rings (SSSR count). The Hall–Kier alpha value is -1.29. The van der Waals surface area contributed by atoms with Crippen LogP contribution in [0.5, 0.6) is 0 Å². The maximum atomic E-state index is 14.1. The van der Waals surface area contributed by atoms with Gasteiger partial charge in [-0.2, -0.15) is 0 Å². The van der Waals surface area contributed by atoms with E-state index in [0.29, 0.717) is 19.8 Å². The van der Waals surface area contributed by atoms with Gasteiger partial charge in [-0.15, -0.1) is 0 Å². The van der Waals surface area contributed by atoms with Crippen LogP contribution in [0.3, 0.4) is 0 Å². The summed E-state index contributed by atoms with van der Waals surface area (Å²) in [5, 5.41) is 0. The minimum atomic E-state index is -0.897. The summed E-state index contributed by atoms with van der Waals surface area (Å²) in [5.74, 6) is 0.960. The van der Waals surface area contributed by atoms with Crippen molar-refractivity contribution in [2.75, 3.05) is 19.8 Å². The van der Waals surface area contributed by atoms with Crippen LogP contribution in [0.1, 0.15) is 61.3 Å². The van der Waals surface area contributed by atoms with Crippen molar-refractivity contribution in [2.24, 2.45) is 0 Å². The van der Waals surface area contributed by atoms with Crippen LogP contribution in [0.15, 0.2) is 33.7 Å². The molecule has 3 atom stereocenters. The molecule has 0 N–H and O–H groups in total. The van der Waals surface area contributed by atoms with E-state index in [0.717, 1.165) is 35.4 Å². The first-order valence-electron chi connectivity index (χ1n) is 9.42. The van der Waals surface area contributed by atoms with E-state index in [1.54, 1.807) is 6.92 Å². The molecule has 0 bridgehead atoms. The van der Waals surface area contributed by atoms with E-state index < -0.39 is 6.17 Å². The van der Waals surface area contributed by atoms with Gasteiger partial charge in [0.1, 0.15) is 18.0 Å². The monoisotopic (exact) mass is 351 g/mol. The van der Waals surface area contributed by atoms with Crippen LogP contribution in [-0.4, -0.2) is 43.0 Å². The Morgan fingerprint density at radius 2 is 1.68 bits per heavy atom. The molecule has 2 saturated heterocycles. The lowest BCUT2D eigenvalue weighted by atomic mass is 9.96. The van der Waals surface area contributed by atoms with Gasteiger partial charge in [0.25, 0.3) is 0 Å². The third-order valence-corrected chi connectivity index (χ3v) is 4.83. The molecule has 3 unspecified atom stereocenters. The minimum Gasteiger partial charge on any atom is -0.488 e. The molecule has 142 valence electrons. The second-order valence-electron chi connectivity index (χ2n) is 7.90. The maximum Gasteiger partial charge on any atom is 0.127 e. The highest BCUT2D eigenvalue weighted by molar-refractivity contribution is 5.50. The molecule has 2 fully saturated rings. The first-order valence-corrected chi connectivity index (χ1v) is 9.42. The van der Waals surface area contributed by atoms with Gasteiger partial charge in [0.2, 0.25) is 0 Å². The lowest BCUT2D eigenvalue weighted by Gasteiger charge is -2.37. The van der Waals surface area contributed by atoms with Crippen LogP contribution in [0.25, 0.3) is 0 Å². The minimum absolute atomic E-state index is 0.0253. The highest BCUT2D eigenvalue weighted by Crippen LogP contribution is 2.40. The third kappa shape index (κ3) is 4.46. The van der Waals surface area contributed by atoms with Crippen molar-refractivity contribution < 1.29 is 13.9 Å². The molecule has 0 aromatic rings. The van der Waals surface area contributed by atoms with Crippen molar-refractivity contribution in [1.29, 1.82) is 0 Å². The molecule has 0 aliphatic carbocycles. The van der Waals surface area contributed by atoms with Gasteiger partial charge in [-0.25, -0.2) is 4.39 Å². The normalized spacial score (nSPS) is 25.6. The highest BCUT2D eigenvalue weighted by Gasteiger charge is 2.39. The average Bonchev–Trinajstić information content (AvgIpc) is 2.78. The van der Waals surface area contributed by atoms with Gasteiger partial charge in [-0.1, -0.05) is 11.1 Å². The van der Waals surface area contributed by atoms with Crippen LogP contribution in [-0.2, 0) is 9.47 Å². The smallest absolute Gasteiger partial charge is 0.127 e. The summed E-state index contributed by atoms with van der Waals surface area (Å²) in [5.41, 5.74) is 5.83. The van der Waals surface area contributed by atoms with Gasteiger partial charge >= 0.3 is 0 Å². The maximum absolute atomic E-state index is 14.1. The van der Waals surface area contributed by atoms with Crippen LogP contribution >= 0.6 is 0 Å². The second-order valence-corrected chi connectivity index (χ2v) is 7.90. The molecule has 2 aliphatic rings. The fraction of sp³-hybridized carbons (Fsp3) is 0.714. The summed E-state index contributed by atoms with van der Waals surface area (Å²) in [7, 11) is 0. The average molecular weight is 352 g/mol. The second kappa shape index (κ2) is 8.39. The molecule has 25 heavy (non-hydrogen) atoms. The molecule has 0 amide bonds. The number of allylic oxidation sites excluding steroid dienone is 3. The predicted molar refractivity (Wildman–Crippen MR) is 101 cm³/mol. The number of hydrogen-bond donors (Lipinski definition) is 0. The molecule has 4 heteroatoms. The van der Waals surface area contributed by atoms with Gasteiger partial charge < -0.3 is 14.4 Å². The zero-order chi connectivity index (χ0) is 18.7. The number of ether oxygens (including phenoxy) is 2. The van der Waals surface area contributed by atoms with Crippen molar-refractivity contribution in [3.8, 4) is 0 Å². The van der Waals surface area contributed by atoms with Crippen molar-refractivity contribution in [1.82, 2.24) is 4.90 Å². The van der Waals surface area contributed by atoms with Crippen LogP contribution in [0.2, 0.25) is 0 Å². The zero-order valence-electron chi connectivity index (χ0n) is 16.9. The third-order valence-electron chi connectivity index (χ3n) is 4.83. The van der Waals surface area contributed by atoms with Gasteiger partial charge in [0.05, 0.1) is 12.6 Å². The molecular weight excluding hydrogens is 317 g/mol. The number of hydrogen-bond acceptors (Lipinski definition) is 3. The van der Waals surface area contributed by atoms with E-state index in [9.17, 15) is 4.39 Å². The number of rotatable bonds is 2. The first kappa shape index (κ1) is 20.0. The van der Waals surface area contributed by atoms with Gasteiger partial charge in [-0.05, 0) is 60.5 Å². The summed E-state index contributed by atoms with van der Waals surface area (Å²) >= 11 is 0. The largest absolute Gasteiger partial charge is 0.488 e. The van der Waals surface area contributed by atoms with E-state index in [1.807, 2.05) is 0 Å². The fourth-order valence-electron chi connectivity index (χ4n) is 3.87. The number of nitrogens with zero attached hydrogens (tertiary/aromatic N) is 1.